The second-order valence-corrected chi connectivity index (χ2v) is 5.11. The Hall–Kier alpha value is -0.870. The van der Waals surface area contributed by atoms with E-state index in [2.05, 4.69) is 16.1 Å². The third-order valence-corrected chi connectivity index (χ3v) is 3.69. The lowest BCUT2D eigenvalue weighted by molar-refractivity contribution is 0.134. The molecular formula is C13H23N3O. The van der Waals surface area contributed by atoms with Crippen molar-refractivity contribution in [2.45, 2.75) is 44.8 Å². The monoisotopic (exact) mass is 237 g/mol. The summed E-state index contributed by atoms with van der Waals surface area (Å²) in [4.78, 5) is 2.51. The van der Waals surface area contributed by atoms with Crippen molar-refractivity contribution in [3.8, 4) is 0 Å². The van der Waals surface area contributed by atoms with E-state index >= 15 is 0 Å². The van der Waals surface area contributed by atoms with E-state index < -0.39 is 0 Å². The van der Waals surface area contributed by atoms with Crippen molar-refractivity contribution >= 4 is 0 Å². The highest BCUT2D eigenvalue weighted by molar-refractivity contribution is 5.00. The predicted molar refractivity (Wildman–Crippen MR) is 67.8 cm³/mol. The number of hydrogen-bond acceptors (Lipinski definition) is 3. The van der Waals surface area contributed by atoms with Gasteiger partial charge in [-0.1, -0.05) is 0 Å². The predicted octanol–water partition coefficient (Wildman–Crippen LogP) is 1.20. The average molecular weight is 237 g/mol. The maximum absolute atomic E-state index is 9.49. The van der Waals surface area contributed by atoms with E-state index in [9.17, 15) is 5.11 Å². The van der Waals surface area contributed by atoms with Crippen molar-refractivity contribution in [1.29, 1.82) is 0 Å². The van der Waals surface area contributed by atoms with Crippen LogP contribution < -0.4 is 0 Å². The first-order valence-electron chi connectivity index (χ1n) is 6.56. The fourth-order valence-corrected chi connectivity index (χ4v) is 2.75. The minimum atomic E-state index is -0.183. The molecule has 1 aromatic heterocycles. The highest BCUT2D eigenvalue weighted by atomic mass is 16.3. The number of likely N-dealkylation sites (tertiary alicyclic amines) is 1. The van der Waals surface area contributed by atoms with Crippen molar-refractivity contribution in [3.63, 3.8) is 0 Å². The Balaban J connectivity index is 1.84. The van der Waals surface area contributed by atoms with E-state index in [0.717, 1.165) is 19.4 Å². The van der Waals surface area contributed by atoms with Crippen LogP contribution in [0.25, 0.3) is 0 Å². The first-order chi connectivity index (χ1) is 8.16. The molecule has 2 rings (SSSR count). The Bertz CT molecular complexity index is 348. The number of aliphatic hydroxyl groups is 1. The summed E-state index contributed by atoms with van der Waals surface area (Å²) >= 11 is 0. The van der Waals surface area contributed by atoms with Gasteiger partial charge in [0.2, 0.25) is 0 Å². The van der Waals surface area contributed by atoms with Gasteiger partial charge in [-0.15, -0.1) is 0 Å². The zero-order chi connectivity index (χ0) is 12.3. The molecule has 1 N–H and O–H groups in total. The van der Waals surface area contributed by atoms with Gasteiger partial charge >= 0.3 is 0 Å². The lowest BCUT2D eigenvalue weighted by Crippen LogP contribution is -2.33. The van der Waals surface area contributed by atoms with Crippen molar-refractivity contribution in [2.75, 3.05) is 13.1 Å². The molecule has 1 saturated heterocycles. The number of rotatable bonds is 5. The van der Waals surface area contributed by atoms with Crippen LogP contribution >= 0.6 is 0 Å². The maximum atomic E-state index is 9.49. The summed E-state index contributed by atoms with van der Waals surface area (Å²) < 4.78 is 1.94. The van der Waals surface area contributed by atoms with Gasteiger partial charge in [-0.3, -0.25) is 9.58 Å². The highest BCUT2D eigenvalue weighted by Crippen LogP contribution is 2.21. The standard InChI is InChI=1S/C13H23N3O/c1-11(17)10-13-4-3-8-16(13)9-6-12-5-7-14-15(12)2/h5,7,11,13,17H,3-4,6,8-10H2,1-2H3. The molecule has 0 aromatic carbocycles. The molecule has 0 saturated carbocycles. The maximum Gasteiger partial charge on any atom is 0.0527 e. The quantitative estimate of drug-likeness (QED) is 0.836. The first kappa shape index (κ1) is 12.6. The number of nitrogens with zero attached hydrogens (tertiary/aromatic N) is 3. The molecule has 2 unspecified atom stereocenters. The van der Waals surface area contributed by atoms with Crippen LogP contribution in [0.15, 0.2) is 12.3 Å². The summed E-state index contributed by atoms with van der Waals surface area (Å²) in [6, 6.07) is 2.66. The zero-order valence-electron chi connectivity index (χ0n) is 10.8. The molecule has 0 amide bonds. The van der Waals surface area contributed by atoms with Crippen molar-refractivity contribution in [3.05, 3.63) is 18.0 Å². The molecular weight excluding hydrogens is 214 g/mol. The fraction of sp³-hybridized carbons (Fsp3) is 0.769. The van der Waals surface area contributed by atoms with E-state index in [4.69, 9.17) is 0 Å². The summed E-state index contributed by atoms with van der Waals surface area (Å²) in [5.74, 6) is 0. The van der Waals surface area contributed by atoms with Crippen molar-refractivity contribution < 1.29 is 5.11 Å². The molecule has 0 spiro atoms. The molecule has 1 aliphatic heterocycles. The van der Waals surface area contributed by atoms with Gasteiger partial charge in [-0.25, -0.2) is 0 Å². The third-order valence-electron chi connectivity index (χ3n) is 3.69. The highest BCUT2D eigenvalue weighted by Gasteiger charge is 2.25. The SMILES string of the molecule is CC(O)CC1CCCN1CCc1ccnn1C. The Morgan fingerprint density at radius 3 is 3.06 bits per heavy atom. The van der Waals surface area contributed by atoms with E-state index in [1.54, 1.807) is 0 Å². The van der Waals surface area contributed by atoms with E-state index in [0.29, 0.717) is 6.04 Å². The van der Waals surface area contributed by atoms with Crippen LogP contribution in [0.4, 0.5) is 0 Å². The topological polar surface area (TPSA) is 41.3 Å². The van der Waals surface area contributed by atoms with Gasteiger partial charge in [0.25, 0.3) is 0 Å². The van der Waals surface area contributed by atoms with E-state index in [1.807, 2.05) is 24.9 Å². The van der Waals surface area contributed by atoms with Gasteiger partial charge in [-0.2, -0.15) is 5.10 Å². The molecule has 1 aliphatic rings. The van der Waals surface area contributed by atoms with Crippen LogP contribution in [0.2, 0.25) is 0 Å². The van der Waals surface area contributed by atoms with Crippen molar-refractivity contribution in [1.82, 2.24) is 14.7 Å². The lowest BCUT2D eigenvalue weighted by Gasteiger charge is -2.25. The van der Waals surface area contributed by atoms with Crippen LogP contribution in [-0.4, -0.2) is 45.0 Å². The van der Waals surface area contributed by atoms with Crippen LogP contribution in [0, 0.1) is 0 Å². The summed E-state index contributed by atoms with van der Waals surface area (Å²) in [6.07, 6.45) is 6.13. The van der Waals surface area contributed by atoms with E-state index in [-0.39, 0.29) is 6.10 Å². The van der Waals surface area contributed by atoms with Gasteiger partial charge in [0, 0.05) is 37.9 Å². The minimum Gasteiger partial charge on any atom is -0.393 e. The molecule has 2 heterocycles. The van der Waals surface area contributed by atoms with E-state index in [1.165, 1.54) is 25.1 Å². The Morgan fingerprint density at radius 2 is 2.41 bits per heavy atom. The molecule has 2 atom stereocenters. The molecule has 4 heteroatoms. The van der Waals surface area contributed by atoms with Crippen LogP contribution in [0.1, 0.15) is 31.9 Å². The fourth-order valence-electron chi connectivity index (χ4n) is 2.75. The summed E-state index contributed by atoms with van der Waals surface area (Å²) in [6.45, 7) is 4.14. The van der Waals surface area contributed by atoms with Gasteiger partial charge in [0.1, 0.15) is 0 Å². The average Bonchev–Trinajstić information content (AvgIpc) is 2.84. The molecule has 0 bridgehead atoms. The molecule has 17 heavy (non-hydrogen) atoms. The van der Waals surface area contributed by atoms with Crippen LogP contribution in [0.5, 0.6) is 0 Å². The third kappa shape index (κ3) is 3.30. The van der Waals surface area contributed by atoms with Crippen LogP contribution in [-0.2, 0) is 13.5 Å². The Labute approximate surface area is 103 Å². The zero-order valence-corrected chi connectivity index (χ0v) is 10.8. The Kier molecular flexibility index (Phi) is 4.18. The normalized spacial score (nSPS) is 23.1. The Morgan fingerprint density at radius 1 is 1.59 bits per heavy atom. The second-order valence-electron chi connectivity index (χ2n) is 5.11. The summed E-state index contributed by atoms with van der Waals surface area (Å²) in [5.41, 5.74) is 1.28. The largest absolute Gasteiger partial charge is 0.393 e. The number of hydrogen-bond donors (Lipinski definition) is 1. The van der Waals surface area contributed by atoms with Gasteiger partial charge in [0.15, 0.2) is 0 Å². The van der Waals surface area contributed by atoms with Crippen LogP contribution in [0.3, 0.4) is 0 Å². The minimum absolute atomic E-state index is 0.183. The molecule has 96 valence electrons. The van der Waals surface area contributed by atoms with Gasteiger partial charge in [-0.05, 0) is 38.8 Å². The first-order valence-corrected chi connectivity index (χ1v) is 6.56. The smallest absolute Gasteiger partial charge is 0.0527 e. The number of aliphatic hydroxyl groups excluding tert-OH is 1. The summed E-state index contributed by atoms with van der Waals surface area (Å²) in [5, 5.41) is 13.7. The number of aromatic nitrogens is 2. The molecule has 4 nitrogen and oxygen atoms in total. The molecule has 1 aromatic rings. The lowest BCUT2D eigenvalue weighted by atomic mass is 10.1. The molecule has 0 radical (unpaired) electrons. The van der Waals surface area contributed by atoms with Crippen molar-refractivity contribution in [2.24, 2.45) is 7.05 Å². The number of aryl methyl sites for hydroxylation is 1. The molecule has 0 aliphatic carbocycles. The molecule has 1 fully saturated rings. The van der Waals surface area contributed by atoms with Gasteiger partial charge < -0.3 is 5.11 Å². The summed E-state index contributed by atoms with van der Waals surface area (Å²) in [7, 11) is 1.99. The second kappa shape index (κ2) is 5.65. The van der Waals surface area contributed by atoms with Gasteiger partial charge in [0.05, 0.1) is 6.10 Å².